The molecule has 1 aliphatic heterocycles. The molecule has 0 amide bonds. The van der Waals surface area contributed by atoms with Crippen LogP contribution in [0.5, 0.6) is 0 Å². The lowest BCUT2D eigenvalue weighted by Crippen LogP contribution is -2.41. The van der Waals surface area contributed by atoms with Gasteiger partial charge in [-0.05, 0) is 44.4 Å². The number of hydrogen-bond acceptors (Lipinski definition) is 2. The summed E-state index contributed by atoms with van der Waals surface area (Å²) in [5.74, 6) is -0.310. The Bertz CT molecular complexity index is 406. The van der Waals surface area contributed by atoms with Gasteiger partial charge in [0, 0.05) is 23.4 Å². The van der Waals surface area contributed by atoms with E-state index in [1.807, 2.05) is 0 Å². The van der Waals surface area contributed by atoms with Gasteiger partial charge in [0.05, 0.1) is 5.60 Å². The molecular weight excluding hydrogens is 253 g/mol. The van der Waals surface area contributed by atoms with Gasteiger partial charge in [0.15, 0.2) is 0 Å². The molecule has 1 N–H and O–H groups in total. The Balaban J connectivity index is 2.04. The average Bonchev–Trinajstić information content (AvgIpc) is 2.27. The Morgan fingerprint density at radius 2 is 2.28 bits per heavy atom. The molecule has 2 atom stereocenters. The van der Waals surface area contributed by atoms with E-state index in [4.69, 9.17) is 16.3 Å². The fourth-order valence-corrected chi connectivity index (χ4v) is 2.59. The average molecular weight is 272 g/mol. The molecule has 0 bridgehead atoms. The summed E-state index contributed by atoms with van der Waals surface area (Å²) in [6.07, 6.45) is 2.84. The Labute approximate surface area is 112 Å². The van der Waals surface area contributed by atoms with Crippen LogP contribution in [0.1, 0.15) is 33.1 Å². The third-order valence-electron chi connectivity index (χ3n) is 3.58. The van der Waals surface area contributed by atoms with Gasteiger partial charge in [-0.25, -0.2) is 4.39 Å². The zero-order chi connectivity index (χ0) is 13.2. The number of nitrogens with one attached hydrogen (secondary N) is 1. The molecule has 1 aliphatic rings. The molecular formula is C14H19ClFNO. The van der Waals surface area contributed by atoms with Crippen molar-refractivity contribution in [2.75, 3.05) is 11.9 Å². The fraction of sp³-hybridized carbons (Fsp3) is 0.571. The van der Waals surface area contributed by atoms with Crippen LogP contribution in [0, 0.1) is 5.82 Å². The van der Waals surface area contributed by atoms with Crippen LogP contribution in [0.2, 0.25) is 5.02 Å². The standard InChI is InChI=1S/C14H19ClFNO/c1-3-14(2)9-12(4-5-18-14)17-13-7-10(15)6-11(16)8-13/h6-8,12,17H,3-5,9H2,1-2H3. The van der Waals surface area contributed by atoms with Crippen molar-refractivity contribution in [3.8, 4) is 0 Å². The zero-order valence-corrected chi connectivity index (χ0v) is 11.6. The molecule has 0 saturated carbocycles. The number of anilines is 1. The highest BCUT2D eigenvalue weighted by Crippen LogP contribution is 2.30. The van der Waals surface area contributed by atoms with E-state index in [1.54, 1.807) is 6.07 Å². The Morgan fingerprint density at radius 3 is 2.94 bits per heavy atom. The number of ether oxygens (including phenoxy) is 1. The van der Waals surface area contributed by atoms with Crippen LogP contribution in [0.25, 0.3) is 0 Å². The third-order valence-corrected chi connectivity index (χ3v) is 3.79. The summed E-state index contributed by atoms with van der Waals surface area (Å²) in [4.78, 5) is 0. The van der Waals surface area contributed by atoms with Crippen LogP contribution in [-0.4, -0.2) is 18.2 Å². The van der Waals surface area contributed by atoms with Crippen LogP contribution < -0.4 is 5.32 Å². The molecule has 2 nitrogen and oxygen atoms in total. The molecule has 1 saturated heterocycles. The minimum absolute atomic E-state index is 0.0764. The highest BCUT2D eigenvalue weighted by molar-refractivity contribution is 6.30. The smallest absolute Gasteiger partial charge is 0.126 e. The summed E-state index contributed by atoms with van der Waals surface area (Å²) in [5, 5.41) is 3.77. The van der Waals surface area contributed by atoms with E-state index in [0.29, 0.717) is 11.1 Å². The van der Waals surface area contributed by atoms with E-state index in [0.717, 1.165) is 31.6 Å². The molecule has 1 heterocycles. The van der Waals surface area contributed by atoms with Crippen LogP contribution in [0.3, 0.4) is 0 Å². The summed E-state index contributed by atoms with van der Waals surface area (Å²) >= 11 is 5.85. The maximum absolute atomic E-state index is 13.3. The molecule has 1 aromatic rings. The van der Waals surface area contributed by atoms with E-state index >= 15 is 0 Å². The second-order valence-electron chi connectivity index (χ2n) is 5.14. The SMILES string of the molecule is CCC1(C)CC(Nc2cc(F)cc(Cl)c2)CCO1. The predicted octanol–water partition coefficient (Wildman–Crippen LogP) is 4.24. The molecule has 1 aromatic carbocycles. The van der Waals surface area contributed by atoms with E-state index < -0.39 is 0 Å². The number of halogens is 2. The maximum Gasteiger partial charge on any atom is 0.126 e. The van der Waals surface area contributed by atoms with Gasteiger partial charge in [0.25, 0.3) is 0 Å². The molecule has 0 aliphatic carbocycles. The predicted molar refractivity (Wildman–Crippen MR) is 72.7 cm³/mol. The van der Waals surface area contributed by atoms with Gasteiger partial charge in [-0.1, -0.05) is 18.5 Å². The number of rotatable bonds is 3. The minimum Gasteiger partial charge on any atom is -0.382 e. The largest absolute Gasteiger partial charge is 0.382 e. The van der Waals surface area contributed by atoms with E-state index in [1.165, 1.54) is 12.1 Å². The van der Waals surface area contributed by atoms with Crippen LogP contribution in [-0.2, 0) is 4.74 Å². The maximum atomic E-state index is 13.3. The van der Waals surface area contributed by atoms with Crippen LogP contribution in [0.15, 0.2) is 18.2 Å². The first-order chi connectivity index (χ1) is 8.50. The second kappa shape index (κ2) is 5.45. The molecule has 0 radical (unpaired) electrons. The first-order valence-electron chi connectivity index (χ1n) is 6.37. The normalized spacial score (nSPS) is 28.1. The van der Waals surface area contributed by atoms with Gasteiger partial charge in [-0.15, -0.1) is 0 Å². The zero-order valence-electron chi connectivity index (χ0n) is 10.8. The van der Waals surface area contributed by atoms with Crippen molar-refractivity contribution in [1.82, 2.24) is 0 Å². The van der Waals surface area contributed by atoms with Gasteiger partial charge in [-0.2, -0.15) is 0 Å². The monoisotopic (exact) mass is 271 g/mol. The molecule has 2 unspecified atom stereocenters. The molecule has 100 valence electrons. The van der Waals surface area contributed by atoms with Gasteiger partial charge < -0.3 is 10.1 Å². The highest BCUT2D eigenvalue weighted by Gasteiger charge is 2.31. The van der Waals surface area contributed by atoms with Crippen molar-refractivity contribution in [1.29, 1.82) is 0 Å². The summed E-state index contributed by atoms with van der Waals surface area (Å²) in [7, 11) is 0. The van der Waals surface area contributed by atoms with Gasteiger partial charge >= 0.3 is 0 Å². The number of hydrogen-bond donors (Lipinski definition) is 1. The van der Waals surface area contributed by atoms with Gasteiger partial charge in [-0.3, -0.25) is 0 Å². The van der Waals surface area contributed by atoms with Crippen molar-refractivity contribution in [2.45, 2.75) is 44.8 Å². The Morgan fingerprint density at radius 1 is 1.50 bits per heavy atom. The third kappa shape index (κ3) is 3.36. The van der Waals surface area contributed by atoms with Gasteiger partial charge in [0.1, 0.15) is 5.82 Å². The topological polar surface area (TPSA) is 21.3 Å². The van der Waals surface area contributed by atoms with Gasteiger partial charge in [0.2, 0.25) is 0 Å². The number of benzene rings is 1. The van der Waals surface area contributed by atoms with E-state index in [2.05, 4.69) is 19.2 Å². The van der Waals surface area contributed by atoms with Crippen molar-refractivity contribution in [3.63, 3.8) is 0 Å². The van der Waals surface area contributed by atoms with E-state index in [9.17, 15) is 4.39 Å². The lowest BCUT2D eigenvalue weighted by molar-refractivity contribution is -0.0708. The summed E-state index contributed by atoms with van der Waals surface area (Å²) in [5.41, 5.74) is 0.665. The lowest BCUT2D eigenvalue weighted by atomic mass is 9.90. The minimum atomic E-state index is -0.310. The molecule has 1 fully saturated rings. The molecule has 18 heavy (non-hydrogen) atoms. The first kappa shape index (κ1) is 13.6. The quantitative estimate of drug-likeness (QED) is 0.888. The molecule has 4 heteroatoms. The lowest BCUT2D eigenvalue weighted by Gasteiger charge is -2.38. The fourth-order valence-electron chi connectivity index (χ4n) is 2.37. The van der Waals surface area contributed by atoms with Crippen molar-refractivity contribution >= 4 is 17.3 Å². The molecule has 2 rings (SSSR count). The second-order valence-corrected chi connectivity index (χ2v) is 5.58. The first-order valence-corrected chi connectivity index (χ1v) is 6.75. The highest BCUT2D eigenvalue weighted by atomic mass is 35.5. The van der Waals surface area contributed by atoms with Crippen LogP contribution >= 0.6 is 11.6 Å². The Kier molecular flexibility index (Phi) is 4.13. The van der Waals surface area contributed by atoms with Crippen LogP contribution in [0.4, 0.5) is 10.1 Å². The van der Waals surface area contributed by atoms with Crippen molar-refractivity contribution < 1.29 is 9.13 Å². The summed E-state index contributed by atoms with van der Waals surface area (Å²) in [6, 6.07) is 4.85. The Hall–Kier alpha value is -0.800. The van der Waals surface area contributed by atoms with Crippen molar-refractivity contribution in [2.24, 2.45) is 0 Å². The summed E-state index contributed by atoms with van der Waals surface area (Å²) < 4.78 is 19.0. The summed E-state index contributed by atoms with van der Waals surface area (Å²) in [6.45, 7) is 4.99. The van der Waals surface area contributed by atoms with Crippen molar-refractivity contribution in [3.05, 3.63) is 29.0 Å². The molecule has 0 aromatic heterocycles. The molecule has 0 spiro atoms. The van der Waals surface area contributed by atoms with E-state index in [-0.39, 0.29) is 11.4 Å².